The first-order valence-electron chi connectivity index (χ1n) is 6.22. The second-order valence-electron chi connectivity index (χ2n) is 4.50. The first kappa shape index (κ1) is 14.8. The van der Waals surface area contributed by atoms with Crippen molar-refractivity contribution >= 4 is 23.2 Å². The van der Waals surface area contributed by atoms with Crippen molar-refractivity contribution in [3.05, 3.63) is 29.8 Å². The molecule has 18 heavy (non-hydrogen) atoms. The number of carbonyl (C=O) groups excluding carboxylic acids is 1. The molecule has 1 rings (SSSR count). The molecule has 1 aromatic rings. The smallest absolute Gasteiger partial charge is 0.251 e. The minimum atomic E-state index is -0.0303. The van der Waals surface area contributed by atoms with E-state index in [0.717, 1.165) is 18.5 Å². The molecule has 100 valence electrons. The zero-order chi connectivity index (χ0) is 13.5. The molecule has 0 aliphatic rings. The summed E-state index contributed by atoms with van der Waals surface area (Å²) in [7, 11) is 3.95. The summed E-state index contributed by atoms with van der Waals surface area (Å²) in [5, 5.41) is 3.00. The molecular formula is C14H21ClN2O. The quantitative estimate of drug-likeness (QED) is 0.805. The zero-order valence-corrected chi connectivity index (χ0v) is 12.0. The number of hydrogen-bond donors (Lipinski definition) is 1. The molecule has 0 bridgehead atoms. The lowest BCUT2D eigenvalue weighted by atomic mass is 10.1. The van der Waals surface area contributed by atoms with Gasteiger partial charge in [-0.3, -0.25) is 4.79 Å². The van der Waals surface area contributed by atoms with Gasteiger partial charge in [0, 0.05) is 37.3 Å². The Kier molecular flexibility index (Phi) is 5.99. The number of amides is 1. The molecular weight excluding hydrogens is 248 g/mol. The maximum atomic E-state index is 12.0. The monoisotopic (exact) mass is 268 g/mol. The van der Waals surface area contributed by atoms with Crippen LogP contribution in [0.2, 0.25) is 0 Å². The first-order valence-corrected chi connectivity index (χ1v) is 6.76. The van der Waals surface area contributed by atoms with Crippen molar-refractivity contribution in [3.8, 4) is 0 Å². The van der Waals surface area contributed by atoms with E-state index in [4.69, 9.17) is 11.6 Å². The van der Waals surface area contributed by atoms with E-state index in [0.29, 0.717) is 11.4 Å². The number of benzene rings is 1. The minimum absolute atomic E-state index is 0.0303. The molecule has 0 radical (unpaired) electrons. The number of hydrogen-bond acceptors (Lipinski definition) is 2. The fraction of sp³-hybridized carbons (Fsp3) is 0.500. The summed E-state index contributed by atoms with van der Waals surface area (Å²) >= 11 is 5.70. The summed E-state index contributed by atoms with van der Waals surface area (Å²) in [6, 6.07) is 7.73. The van der Waals surface area contributed by atoms with Crippen LogP contribution in [0.3, 0.4) is 0 Å². The Morgan fingerprint density at radius 3 is 2.39 bits per heavy atom. The standard InChI is InChI=1S/C14H21ClN2O/c1-4-12(9-10-15)16-14(18)11-5-7-13(8-6-11)17(2)3/h5-8,12H,4,9-10H2,1-3H3,(H,16,18). The third-order valence-corrected chi connectivity index (χ3v) is 3.15. The molecule has 1 aromatic carbocycles. The van der Waals surface area contributed by atoms with E-state index in [1.807, 2.05) is 50.2 Å². The molecule has 4 heteroatoms. The molecule has 0 aliphatic carbocycles. The predicted octanol–water partition coefficient (Wildman–Crippen LogP) is 2.89. The van der Waals surface area contributed by atoms with Gasteiger partial charge >= 0.3 is 0 Å². The van der Waals surface area contributed by atoms with E-state index in [1.165, 1.54) is 0 Å². The predicted molar refractivity (Wildman–Crippen MR) is 77.7 cm³/mol. The Morgan fingerprint density at radius 1 is 1.33 bits per heavy atom. The molecule has 0 aliphatic heterocycles. The van der Waals surface area contributed by atoms with Crippen molar-refractivity contribution in [1.29, 1.82) is 0 Å². The Bertz CT molecular complexity index is 376. The van der Waals surface area contributed by atoms with Crippen molar-refractivity contribution in [3.63, 3.8) is 0 Å². The normalized spacial score (nSPS) is 12.0. The maximum Gasteiger partial charge on any atom is 0.251 e. The summed E-state index contributed by atoms with van der Waals surface area (Å²) < 4.78 is 0. The number of nitrogens with zero attached hydrogens (tertiary/aromatic N) is 1. The van der Waals surface area contributed by atoms with E-state index < -0.39 is 0 Å². The fourth-order valence-electron chi connectivity index (χ4n) is 1.69. The van der Waals surface area contributed by atoms with Crippen molar-refractivity contribution in [2.45, 2.75) is 25.8 Å². The number of alkyl halides is 1. The number of rotatable bonds is 6. The van der Waals surface area contributed by atoms with Gasteiger partial charge in [0.2, 0.25) is 0 Å². The Labute approximate surface area is 114 Å². The van der Waals surface area contributed by atoms with Crippen LogP contribution in [-0.4, -0.2) is 31.9 Å². The van der Waals surface area contributed by atoms with Crippen LogP contribution in [0.25, 0.3) is 0 Å². The van der Waals surface area contributed by atoms with Gasteiger partial charge in [-0.1, -0.05) is 6.92 Å². The zero-order valence-electron chi connectivity index (χ0n) is 11.2. The number of halogens is 1. The summed E-state index contributed by atoms with van der Waals surface area (Å²) in [5.74, 6) is 0.538. The highest BCUT2D eigenvalue weighted by Gasteiger charge is 2.11. The Morgan fingerprint density at radius 2 is 1.94 bits per heavy atom. The van der Waals surface area contributed by atoms with Crippen LogP contribution in [-0.2, 0) is 0 Å². The van der Waals surface area contributed by atoms with Crippen LogP contribution >= 0.6 is 11.6 Å². The minimum Gasteiger partial charge on any atom is -0.378 e. The number of carbonyl (C=O) groups is 1. The van der Waals surface area contributed by atoms with Gasteiger partial charge in [-0.05, 0) is 37.1 Å². The van der Waals surface area contributed by atoms with E-state index in [9.17, 15) is 4.79 Å². The van der Waals surface area contributed by atoms with Gasteiger partial charge in [0.25, 0.3) is 5.91 Å². The highest BCUT2D eigenvalue weighted by molar-refractivity contribution is 6.17. The summed E-state index contributed by atoms with van der Waals surface area (Å²) in [6.07, 6.45) is 1.70. The molecule has 1 atom stereocenters. The molecule has 1 N–H and O–H groups in total. The highest BCUT2D eigenvalue weighted by Crippen LogP contribution is 2.12. The SMILES string of the molecule is CCC(CCCl)NC(=O)c1ccc(N(C)C)cc1. The molecule has 0 aromatic heterocycles. The number of anilines is 1. The first-order chi connectivity index (χ1) is 8.58. The van der Waals surface area contributed by atoms with E-state index >= 15 is 0 Å². The second kappa shape index (κ2) is 7.27. The summed E-state index contributed by atoms with van der Waals surface area (Å²) in [4.78, 5) is 14.0. The van der Waals surface area contributed by atoms with Crippen molar-refractivity contribution < 1.29 is 4.79 Å². The van der Waals surface area contributed by atoms with E-state index in [2.05, 4.69) is 5.32 Å². The molecule has 0 saturated heterocycles. The largest absolute Gasteiger partial charge is 0.378 e. The van der Waals surface area contributed by atoms with Crippen LogP contribution in [0.5, 0.6) is 0 Å². The molecule has 0 fully saturated rings. The van der Waals surface area contributed by atoms with Crippen molar-refractivity contribution in [1.82, 2.24) is 5.32 Å². The molecule has 0 heterocycles. The van der Waals surface area contributed by atoms with Gasteiger partial charge in [-0.2, -0.15) is 0 Å². The lowest BCUT2D eigenvalue weighted by Crippen LogP contribution is -2.34. The highest BCUT2D eigenvalue weighted by atomic mass is 35.5. The van der Waals surface area contributed by atoms with Gasteiger partial charge in [-0.25, -0.2) is 0 Å². The Balaban J connectivity index is 2.66. The van der Waals surface area contributed by atoms with Crippen molar-refractivity contribution in [2.24, 2.45) is 0 Å². The second-order valence-corrected chi connectivity index (χ2v) is 4.88. The number of nitrogens with one attached hydrogen (secondary N) is 1. The third-order valence-electron chi connectivity index (χ3n) is 2.93. The van der Waals surface area contributed by atoms with Crippen LogP contribution in [0.15, 0.2) is 24.3 Å². The summed E-state index contributed by atoms with van der Waals surface area (Å²) in [6.45, 7) is 2.05. The van der Waals surface area contributed by atoms with Crippen LogP contribution in [0.4, 0.5) is 5.69 Å². The molecule has 0 saturated carbocycles. The van der Waals surface area contributed by atoms with Gasteiger partial charge < -0.3 is 10.2 Å². The van der Waals surface area contributed by atoms with Crippen LogP contribution in [0, 0.1) is 0 Å². The van der Waals surface area contributed by atoms with Gasteiger partial charge in [0.1, 0.15) is 0 Å². The van der Waals surface area contributed by atoms with Crippen LogP contribution < -0.4 is 10.2 Å². The van der Waals surface area contributed by atoms with Gasteiger partial charge in [0.15, 0.2) is 0 Å². The molecule has 3 nitrogen and oxygen atoms in total. The lowest BCUT2D eigenvalue weighted by Gasteiger charge is -2.16. The lowest BCUT2D eigenvalue weighted by molar-refractivity contribution is 0.0935. The van der Waals surface area contributed by atoms with Gasteiger partial charge in [0.05, 0.1) is 0 Å². The molecule has 0 spiro atoms. The van der Waals surface area contributed by atoms with Crippen LogP contribution in [0.1, 0.15) is 30.1 Å². The third kappa shape index (κ3) is 4.22. The van der Waals surface area contributed by atoms with Crippen molar-refractivity contribution in [2.75, 3.05) is 24.9 Å². The average molecular weight is 269 g/mol. The fourth-order valence-corrected chi connectivity index (χ4v) is 1.95. The average Bonchev–Trinajstić information content (AvgIpc) is 2.38. The maximum absolute atomic E-state index is 12.0. The van der Waals surface area contributed by atoms with E-state index in [-0.39, 0.29) is 11.9 Å². The topological polar surface area (TPSA) is 32.3 Å². The molecule has 1 unspecified atom stereocenters. The van der Waals surface area contributed by atoms with E-state index in [1.54, 1.807) is 0 Å². The summed E-state index contributed by atoms with van der Waals surface area (Å²) in [5.41, 5.74) is 1.77. The van der Waals surface area contributed by atoms with Gasteiger partial charge in [-0.15, -0.1) is 11.6 Å². The molecule has 1 amide bonds. The Hall–Kier alpha value is -1.22.